The summed E-state index contributed by atoms with van der Waals surface area (Å²) in [6.07, 6.45) is 1.68. The number of hydrogen-bond acceptors (Lipinski definition) is 3. The molecule has 1 aromatic heterocycles. The number of aromatic nitrogens is 1. The lowest BCUT2D eigenvalue weighted by Gasteiger charge is -1.87. The van der Waals surface area contributed by atoms with Crippen molar-refractivity contribution in [2.75, 3.05) is 14.2 Å². The van der Waals surface area contributed by atoms with Crippen molar-refractivity contribution >= 4 is 0 Å². The van der Waals surface area contributed by atoms with E-state index in [1.165, 1.54) is 0 Å². The molecule has 0 aliphatic heterocycles. The minimum Gasteiger partial charge on any atom is -0.388 e. The Morgan fingerprint density at radius 3 is 2.07 bits per heavy atom. The molecule has 3 nitrogen and oxygen atoms in total. The van der Waals surface area contributed by atoms with Gasteiger partial charge in [0.1, 0.15) is 11.8 Å². The first-order chi connectivity index (χ1) is 6.74. The second kappa shape index (κ2) is 11.6. The molecule has 78 valence electrons. The van der Waals surface area contributed by atoms with Crippen molar-refractivity contribution in [2.45, 2.75) is 20.8 Å². The highest BCUT2D eigenvalue weighted by molar-refractivity contribution is 5.21. The van der Waals surface area contributed by atoms with Crippen LogP contribution in [0.5, 0.6) is 0 Å². The highest BCUT2D eigenvalue weighted by Gasteiger charge is 1.86. The molecular weight excluding hydrogens is 176 g/mol. The first-order valence-corrected chi connectivity index (χ1v) is 4.47. The van der Waals surface area contributed by atoms with E-state index in [1.54, 1.807) is 26.5 Å². The predicted molar refractivity (Wildman–Crippen MR) is 58.0 cm³/mol. The maximum absolute atomic E-state index is 8.32. The number of pyridine rings is 1. The Hall–Kier alpha value is -1.40. The van der Waals surface area contributed by atoms with Gasteiger partial charge in [-0.15, -0.1) is 0 Å². The minimum atomic E-state index is 0.473. The molecule has 0 spiro atoms. The van der Waals surface area contributed by atoms with Crippen LogP contribution >= 0.6 is 0 Å². The summed E-state index contributed by atoms with van der Waals surface area (Å²) < 4.78 is 4.25. The second-order valence-corrected chi connectivity index (χ2v) is 2.24. The molecule has 3 heteroatoms. The van der Waals surface area contributed by atoms with E-state index in [2.05, 4.69) is 9.72 Å². The van der Waals surface area contributed by atoms with Crippen LogP contribution in [-0.2, 0) is 4.74 Å². The van der Waals surface area contributed by atoms with Crippen molar-refractivity contribution in [1.29, 1.82) is 5.26 Å². The topological polar surface area (TPSA) is 45.9 Å². The van der Waals surface area contributed by atoms with Gasteiger partial charge >= 0.3 is 0 Å². The van der Waals surface area contributed by atoms with Crippen LogP contribution in [0.15, 0.2) is 18.3 Å². The van der Waals surface area contributed by atoms with Gasteiger partial charge in [-0.3, -0.25) is 0 Å². The third kappa shape index (κ3) is 8.69. The van der Waals surface area contributed by atoms with Crippen LogP contribution in [0.4, 0.5) is 0 Å². The first kappa shape index (κ1) is 15.1. The fourth-order valence-corrected chi connectivity index (χ4v) is 0.534. The number of rotatable bonds is 0. The third-order valence-corrected chi connectivity index (χ3v) is 1.03. The number of ether oxygens (including phenoxy) is 1. The van der Waals surface area contributed by atoms with Gasteiger partial charge in [0, 0.05) is 20.4 Å². The maximum Gasteiger partial charge on any atom is 0.140 e. The van der Waals surface area contributed by atoms with Crippen molar-refractivity contribution < 1.29 is 4.74 Å². The number of methoxy groups -OCH3 is 1. The number of aryl methyl sites for hydroxylation is 1. The summed E-state index contributed by atoms with van der Waals surface area (Å²) in [5, 5.41) is 8.32. The second-order valence-electron chi connectivity index (χ2n) is 2.24. The van der Waals surface area contributed by atoms with Crippen LogP contribution in [0.2, 0.25) is 0 Å². The summed E-state index contributed by atoms with van der Waals surface area (Å²) in [7, 11) is 3.25. The van der Waals surface area contributed by atoms with Crippen LogP contribution in [0.3, 0.4) is 0 Å². The van der Waals surface area contributed by atoms with E-state index in [9.17, 15) is 0 Å². The molecule has 0 saturated heterocycles. The first-order valence-electron chi connectivity index (χ1n) is 4.47. The van der Waals surface area contributed by atoms with Crippen molar-refractivity contribution in [1.82, 2.24) is 4.98 Å². The van der Waals surface area contributed by atoms with E-state index >= 15 is 0 Å². The zero-order valence-corrected chi connectivity index (χ0v) is 9.53. The summed E-state index contributed by atoms with van der Waals surface area (Å²) >= 11 is 0. The summed E-state index contributed by atoms with van der Waals surface area (Å²) in [5.41, 5.74) is 1.55. The molecule has 1 heterocycles. The van der Waals surface area contributed by atoms with Gasteiger partial charge in [0.2, 0.25) is 0 Å². The average Bonchev–Trinajstić information content (AvgIpc) is 2.23. The Labute approximate surface area is 86.4 Å². The summed E-state index contributed by atoms with van der Waals surface area (Å²) in [6.45, 7) is 5.94. The fourth-order valence-electron chi connectivity index (χ4n) is 0.534. The van der Waals surface area contributed by atoms with E-state index in [0.29, 0.717) is 5.69 Å². The molecule has 1 aromatic rings. The SMILES string of the molecule is CC.COC.Cc1ccc(C#N)nc1. The third-order valence-electron chi connectivity index (χ3n) is 1.03. The Morgan fingerprint density at radius 1 is 1.29 bits per heavy atom. The Bertz CT molecular complexity index is 249. The molecule has 0 N–H and O–H groups in total. The largest absolute Gasteiger partial charge is 0.388 e. The van der Waals surface area contributed by atoms with Gasteiger partial charge in [-0.05, 0) is 18.6 Å². The fraction of sp³-hybridized carbons (Fsp3) is 0.455. The smallest absolute Gasteiger partial charge is 0.140 e. The molecular formula is C11H18N2O. The molecule has 0 radical (unpaired) electrons. The molecule has 0 fully saturated rings. The molecule has 0 amide bonds. The van der Waals surface area contributed by atoms with Crippen molar-refractivity contribution in [3.8, 4) is 6.07 Å². The summed E-state index contributed by atoms with van der Waals surface area (Å²) in [5.74, 6) is 0. The monoisotopic (exact) mass is 194 g/mol. The van der Waals surface area contributed by atoms with Gasteiger partial charge in [0.05, 0.1) is 0 Å². The van der Waals surface area contributed by atoms with Gasteiger partial charge in [-0.1, -0.05) is 19.9 Å². The van der Waals surface area contributed by atoms with Crippen molar-refractivity contribution in [2.24, 2.45) is 0 Å². The van der Waals surface area contributed by atoms with Gasteiger partial charge in [0.25, 0.3) is 0 Å². The van der Waals surface area contributed by atoms with E-state index in [0.717, 1.165) is 5.56 Å². The van der Waals surface area contributed by atoms with E-state index in [-0.39, 0.29) is 0 Å². The number of hydrogen-bond donors (Lipinski definition) is 0. The molecule has 0 saturated carbocycles. The van der Waals surface area contributed by atoms with E-state index < -0.39 is 0 Å². The molecule has 0 aromatic carbocycles. The van der Waals surface area contributed by atoms with Crippen molar-refractivity contribution in [3.63, 3.8) is 0 Å². The Kier molecular flexibility index (Phi) is 12.5. The van der Waals surface area contributed by atoms with E-state index in [1.807, 2.05) is 32.9 Å². The number of nitriles is 1. The Morgan fingerprint density at radius 2 is 1.79 bits per heavy atom. The normalized spacial score (nSPS) is 7.14. The summed E-state index contributed by atoms with van der Waals surface area (Å²) in [4.78, 5) is 3.84. The van der Waals surface area contributed by atoms with Crippen LogP contribution < -0.4 is 0 Å². The number of nitrogens with zero attached hydrogens (tertiary/aromatic N) is 2. The maximum atomic E-state index is 8.32. The zero-order valence-electron chi connectivity index (χ0n) is 9.53. The van der Waals surface area contributed by atoms with E-state index in [4.69, 9.17) is 5.26 Å². The van der Waals surface area contributed by atoms with Gasteiger partial charge in [-0.2, -0.15) is 5.26 Å². The lowest BCUT2D eigenvalue weighted by atomic mass is 10.3. The predicted octanol–water partition coefficient (Wildman–Crippen LogP) is 2.55. The highest BCUT2D eigenvalue weighted by Crippen LogP contribution is 1.95. The van der Waals surface area contributed by atoms with Gasteiger partial charge in [-0.25, -0.2) is 4.98 Å². The highest BCUT2D eigenvalue weighted by atomic mass is 16.4. The lowest BCUT2D eigenvalue weighted by molar-refractivity contribution is 0.277. The van der Waals surface area contributed by atoms with Crippen LogP contribution in [0, 0.1) is 18.3 Å². The average molecular weight is 194 g/mol. The lowest BCUT2D eigenvalue weighted by Crippen LogP contribution is -1.80. The molecule has 0 bridgehead atoms. The molecule has 14 heavy (non-hydrogen) atoms. The van der Waals surface area contributed by atoms with Crippen LogP contribution in [0.1, 0.15) is 25.1 Å². The zero-order chi connectivity index (χ0) is 11.4. The van der Waals surface area contributed by atoms with Gasteiger partial charge in [0.15, 0.2) is 0 Å². The Balaban J connectivity index is 0. The molecule has 1 rings (SSSR count). The quantitative estimate of drug-likeness (QED) is 0.637. The molecule has 0 aliphatic carbocycles. The molecule has 0 atom stereocenters. The standard InChI is InChI=1S/C7H6N2.C2H6O.C2H6/c1-6-2-3-7(4-8)9-5-6;1-3-2;1-2/h2-3,5H,1H3;1-2H3;1-2H3. The van der Waals surface area contributed by atoms with Crippen LogP contribution in [-0.4, -0.2) is 19.2 Å². The molecule has 0 aliphatic rings. The minimum absolute atomic E-state index is 0.473. The summed E-state index contributed by atoms with van der Waals surface area (Å²) in [6, 6.07) is 5.51. The van der Waals surface area contributed by atoms with Crippen LogP contribution in [0.25, 0.3) is 0 Å². The molecule has 0 unspecified atom stereocenters. The van der Waals surface area contributed by atoms with Crippen molar-refractivity contribution in [3.05, 3.63) is 29.6 Å². The van der Waals surface area contributed by atoms with Gasteiger partial charge < -0.3 is 4.74 Å².